The number of nitrogens with one attached hydrogen (secondary N) is 1. The van der Waals surface area contributed by atoms with Crippen LogP contribution in [0.2, 0.25) is 0 Å². The van der Waals surface area contributed by atoms with Gasteiger partial charge in [-0.15, -0.1) is 0 Å². The van der Waals surface area contributed by atoms with Crippen molar-refractivity contribution in [1.82, 2.24) is 20.0 Å². The summed E-state index contributed by atoms with van der Waals surface area (Å²) in [5.74, 6) is -0.0680. The summed E-state index contributed by atoms with van der Waals surface area (Å²) >= 11 is 0. The van der Waals surface area contributed by atoms with Crippen molar-refractivity contribution < 1.29 is 9.59 Å². The molecule has 0 radical (unpaired) electrons. The Morgan fingerprint density at radius 3 is 3.00 bits per heavy atom. The van der Waals surface area contributed by atoms with Crippen LogP contribution in [0.3, 0.4) is 0 Å². The number of hydrogen-bond acceptors (Lipinski definition) is 3. The van der Waals surface area contributed by atoms with Crippen molar-refractivity contribution in [1.29, 1.82) is 0 Å². The van der Waals surface area contributed by atoms with E-state index in [0.717, 1.165) is 23.7 Å². The highest BCUT2D eigenvalue weighted by Crippen LogP contribution is 2.18. The summed E-state index contributed by atoms with van der Waals surface area (Å²) in [5, 5.41) is 7.98. The summed E-state index contributed by atoms with van der Waals surface area (Å²) < 4.78 is 1.72. The molecule has 22 heavy (non-hydrogen) atoms. The highest BCUT2D eigenvalue weighted by atomic mass is 16.2. The zero-order chi connectivity index (χ0) is 15.5. The van der Waals surface area contributed by atoms with Crippen LogP contribution in [0.1, 0.15) is 12.8 Å². The summed E-state index contributed by atoms with van der Waals surface area (Å²) in [6.45, 7) is 1.43. The van der Waals surface area contributed by atoms with Gasteiger partial charge in [0.15, 0.2) is 0 Å². The fourth-order valence-corrected chi connectivity index (χ4v) is 3.00. The first-order valence-corrected chi connectivity index (χ1v) is 7.59. The SMILES string of the molecule is CNC(=O)C1CCCN(C(=O)Cn2ncc3ccccc32)C1. The number of amides is 2. The quantitative estimate of drug-likeness (QED) is 0.920. The third kappa shape index (κ3) is 2.81. The van der Waals surface area contributed by atoms with Crippen LogP contribution in [0.25, 0.3) is 10.9 Å². The lowest BCUT2D eigenvalue weighted by Crippen LogP contribution is -2.45. The summed E-state index contributed by atoms with van der Waals surface area (Å²) in [4.78, 5) is 26.0. The van der Waals surface area contributed by atoms with E-state index >= 15 is 0 Å². The average Bonchev–Trinajstić information content (AvgIpc) is 2.97. The van der Waals surface area contributed by atoms with Crippen LogP contribution >= 0.6 is 0 Å². The predicted octanol–water partition coefficient (Wildman–Crippen LogP) is 1.02. The number of likely N-dealkylation sites (tertiary alicyclic amines) is 1. The van der Waals surface area contributed by atoms with Gasteiger partial charge in [-0.3, -0.25) is 14.3 Å². The van der Waals surface area contributed by atoms with Crippen LogP contribution in [-0.4, -0.2) is 46.6 Å². The van der Waals surface area contributed by atoms with E-state index in [1.165, 1.54) is 0 Å². The number of benzene rings is 1. The van der Waals surface area contributed by atoms with Crippen molar-refractivity contribution in [2.75, 3.05) is 20.1 Å². The molecule has 0 saturated carbocycles. The first kappa shape index (κ1) is 14.6. The zero-order valence-corrected chi connectivity index (χ0v) is 12.7. The van der Waals surface area contributed by atoms with E-state index in [9.17, 15) is 9.59 Å². The highest BCUT2D eigenvalue weighted by Gasteiger charge is 2.28. The van der Waals surface area contributed by atoms with E-state index in [0.29, 0.717) is 13.1 Å². The maximum atomic E-state index is 12.5. The number of piperidine rings is 1. The van der Waals surface area contributed by atoms with Gasteiger partial charge in [0.1, 0.15) is 6.54 Å². The lowest BCUT2D eigenvalue weighted by Gasteiger charge is -2.31. The van der Waals surface area contributed by atoms with E-state index in [1.807, 2.05) is 24.3 Å². The molecule has 116 valence electrons. The summed E-state index contributed by atoms with van der Waals surface area (Å²) in [6, 6.07) is 7.83. The van der Waals surface area contributed by atoms with Gasteiger partial charge in [0.25, 0.3) is 0 Å². The lowest BCUT2D eigenvalue weighted by molar-refractivity contribution is -0.136. The van der Waals surface area contributed by atoms with E-state index in [2.05, 4.69) is 10.4 Å². The number of nitrogens with zero attached hydrogens (tertiary/aromatic N) is 3. The third-order valence-electron chi connectivity index (χ3n) is 4.23. The molecule has 1 N–H and O–H groups in total. The molecule has 1 aliphatic rings. The minimum Gasteiger partial charge on any atom is -0.359 e. The number of hydrogen-bond donors (Lipinski definition) is 1. The van der Waals surface area contributed by atoms with Crippen molar-refractivity contribution in [3.8, 4) is 0 Å². The number of fused-ring (bicyclic) bond motifs is 1. The number of carbonyl (C=O) groups is 2. The van der Waals surface area contributed by atoms with Gasteiger partial charge in [-0.2, -0.15) is 5.10 Å². The summed E-state index contributed by atoms with van der Waals surface area (Å²) in [5.41, 5.74) is 0.954. The van der Waals surface area contributed by atoms with Crippen LogP contribution in [0.4, 0.5) is 0 Å². The highest BCUT2D eigenvalue weighted by molar-refractivity contribution is 5.83. The van der Waals surface area contributed by atoms with E-state index in [-0.39, 0.29) is 24.3 Å². The van der Waals surface area contributed by atoms with Crippen LogP contribution in [0.5, 0.6) is 0 Å². The molecule has 1 unspecified atom stereocenters. The molecule has 6 nitrogen and oxygen atoms in total. The second-order valence-electron chi connectivity index (χ2n) is 5.65. The predicted molar refractivity (Wildman–Crippen MR) is 83.1 cm³/mol. The van der Waals surface area contributed by atoms with Crippen LogP contribution in [0.15, 0.2) is 30.5 Å². The van der Waals surface area contributed by atoms with Gasteiger partial charge in [0.2, 0.25) is 11.8 Å². The van der Waals surface area contributed by atoms with Crippen LogP contribution in [-0.2, 0) is 16.1 Å². The standard InChI is InChI=1S/C16H20N4O2/c1-17-16(22)13-6-4-8-19(10-13)15(21)11-20-14-7-3-2-5-12(14)9-18-20/h2-3,5,7,9,13H,4,6,8,10-11H2,1H3,(H,17,22). The molecule has 1 fully saturated rings. The molecule has 1 aliphatic heterocycles. The normalized spacial score (nSPS) is 18.4. The second-order valence-corrected chi connectivity index (χ2v) is 5.65. The van der Waals surface area contributed by atoms with Gasteiger partial charge in [-0.25, -0.2) is 0 Å². The number of para-hydroxylation sites is 1. The Morgan fingerprint density at radius 1 is 1.36 bits per heavy atom. The van der Waals surface area contributed by atoms with Gasteiger partial charge >= 0.3 is 0 Å². The van der Waals surface area contributed by atoms with Gasteiger partial charge in [-0.1, -0.05) is 18.2 Å². The molecule has 2 amide bonds. The molecule has 0 spiro atoms. The van der Waals surface area contributed by atoms with E-state index < -0.39 is 0 Å². The van der Waals surface area contributed by atoms with Gasteiger partial charge in [0.05, 0.1) is 17.6 Å². The fraction of sp³-hybridized carbons (Fsp3) is 0.438. The fourth-order valence-electron chi connectivity index (χ4n) is 3.00. The molecule has 0 bridgehead atoms. The summed E-state index contributed by atoms with van der Waals surface area (Å²) in [6.07, 6.45) is 3.48. The molecule has 1 aromatic carbocycles. The third-order valence-corrected chi connectivity index (χ3v) is 4.23. The van der Waals surface area contributed by atoms with Crippen molar-refractivity contribution in [3.05, 3.63) is 30.5 Å². The van der Waals surface area contributed by atoms with Gasteiger partial charge in [0, 0.05) is 25.5 Å². The number of aromatic nitrogens is 2. The molecule has 2 heterocycles. The van der Waals surface area contributed by atoms with Crippen molar-refractivity contribution >= 4 is 22.7 Å². The smallest absolute Gasteiger partial charge is 0.244 e. The Balaban J connectivity index is 1.70. The molecule has 1 saturated heterocycles. The molecule has 1 atom stereocenters. The Bertz CT molecular complexity index is 694. The zero-order valence-electron chi connectivity index (χ0n) is 12.7. The van der Waals surface area contributed by atoms with Crippen LogP contribution in [0, 0.1) is 5.92 Å². The van der Waals surface area contributed by atoms with Crippen molar-refractivity contribution in [3.63, 3.8) is 0 Å². The molecule has 3 rings (SSSR count). The molecule has 2 aromatic rings. The molecular formula is C16H20N4O2. The number of rotatable bonds is 3. The second kappa shape index (κ2) is 6.17. The molecular weight excluding hydrogens is 280 g/mol. The van der Waals surface area contributed by atoms with E-state index in [4.69, 9.17) is 0 Å². The Kier molecular flexibility index (Phi) is 4.09. The average molecular weight is 300 g/mol. The number of carbonyl (C=O) groups excluding carboxylic acids is 2. The molecule has 0 aliphatic carbocycles. The maximum Gasteiger partial charge on any atom is 0.244 e. The lowest BCUT2D eigenvalue weighted by atomic mass is 9.97. The van der Waals surface area contributed by atoms with Crippen LogP contribution < -0.4 is 5.32 Å². The monoisotopic (exact) mass is 300 g/mol. The van der Waals surface area contributed by atoms with Gasteiger partial charge < -0.3 is 10.2 Å². The summed E-state index contributed by atoms with van der Waals surface area (Å²) in [7, 11) is 1.64. The minimum atomic E-state index is -0.0999. The maximum absolute atomic E-state index is 12.5. The Hall–Kier alpha value is -2.37. The van der Waals surface area contributed by atoms with Gasteiger partial charge in [-0.05, 0) is 18.9 Å². The molecule has 6 heteroatoms. The first-order valence-electron chi connectivity index (χ1n) is 7.59. The Labute approximate surface area is 129 Å². The first-order chi connectivity index (χ1) is 10.7. The Morgan fingerprint density at radius 2 is 2.18 bits per heavy atom. The van der Waals surface area contributed by atoms with E-state index in [1.54, 1.807) is 22.8 Å². The minimum absolute atomic E-state index is 0.0158. The van der Waals surface area contributed by atoms with Crippen molar-refractivity contribution in [2.24, 2.45) is 5.92 Å². The van der Waals surface area contributed by atoms with Crippen molar-refractivity contribution in [2.45, 2.75) is 19.4 Å². The largest absolute Gasteiger partial charge is 0.359 e. The molecule has 1 aromatic heterocycles. The topological polar surface area (TPSA) is 67.2 Å².